The molecule has 0 aliphatic rings. The molecule has 0 aliphatic heterocycles. The number of aromatic nitrogens is 1. The first-order chi connectivity index (χ1) is 6.68. The van der Waals surface area contributed by atoms with Crippen LogP contribution >= 0.6 is 34.7 Å². The summed E-state index contributed by atoms with van der Waals surface area (Å²) in [5.41, 5.74) is 1.30. The van der Waals surface area contributed by atoms with E-state index in [1.54, 1.807) is 23.6 Å². The van der Waals surface area contributed by atoms with Gasteiger partial charge in [-0.15, -0.1) is 0 Å². The third-order valence-electron chi connectivity index (χ3n) is 1.80. The van der Waals surface area contributed by atoms with Crippen molar-refractivity contribution in [1.29, 1.82) is 0 Å². The normalized spacial score (nSPS) is 10.4. The van der Waals surface area contributed by atoms with Gasteiger partial charge in [0.05, 0.1) is 15.6 Å². The van der Waals surface area contributed by atoms with E-state index in [0.717, 1.165) is 5.56 Å². The zero-order valence-electron chi connectivity index (χ0n) is 6.88. The Labute approximate surface area is 94.3 Å². The Morgan fingerprint density at radius 1 is 1.21 bits per heavy atom. The highest BCUT2D eigenvalue weighted by atomic mass is 35.5. The van der Waals surface area contributed by atoms with Crippen molar-refractivity contribution < 1.29 is 0 Å². The molecule has 0 saturated carbocycles. The average Bonchev–Trinajstić information content (AvgIpc) is 2.57. The second-order valence-electron chi connectivity index (χ2n) is 2.71. The molecule has 5 heteroatoms. The fraction of sp³-hybridized carbons (Fsp3) is 0. The molecule has 0 atom stereocenters. The van der Waals surface area contributed by atoms with E-state index in [1.807, 2.05) is 0 Å². The van der Waals surface area contributed by atoms with E-state index >= 15 is 0 Å². The molecule has 0 fully saturated rings. The van der Waals surface area contributed by atoms with E-state index in [0.29, 0.717) is 15.6 Å². The molecule has 72 valence electrons. The zero-order chi connectivity index (χ0) is 10.1. The molecule has 2 aromatic rings. The number of rotatable bonds is 1. The Morgan fingerprint density at radius 3 is 2.57 bits per heavy atom. The molecule has 0 aliphatic carbocycles. The summed E-state index contributed by atoms with van der Waals surface area (Å²) in [7, 11) is 0. The van der Waals surface area contributed by atoms with Crippen LogP contribution in [0.15, 0.2) is 28.4 Å². The maximum absolute atomic E-state index is 11.3. The maximum atomic E-state index is 11.3. The van der Waals surface area contributed by atoms with Crippen LogP contribution in [0.4, 0.5) is 0 Å². The molecular formula is C9H5Cl2NOS. The van der Waals surface area contributed by atoms with Crippen molar-refractivity contribution in [1.82, 2.24) is 4.37 Å². The third kappa shape index (κ3) is 1.71. The van der Waals surface area contributed by atoms with Crippen LogP contribution in [0, 0.1) is 0 Å². The van der Waals surface area contributed by atoms with E-state index in [2.05, 4.69) is 4.37 Å². The lowest BCUT2D eigenvalue weighted by Gasteiger charge is -1.98. The van der Waals surface area contributed by atoms with Crippen LogP contribution in [0.3, 0.4) is 0 Å². The first-order valence-corrected chi connectivity index (χ1v) is 5.43. The molecule has 0 unspecified atom stereocenters. The van der Waals surface area contributed by atoms with Crippen molar-refractivity contribution in [3.8, 4) is 11.1 Å². The second kappa shape index (κ2) is 3.77. The maximum Gasteiger partial charge on any atom is 0.265 e. The molecule has 2 rings (SSSR count). The van der Waals surface area contributed by atoms with Crippen molar-refractivity contribution in [3.63, 3.8) is 0 Å². The van der Waals surface area contributed by atoms with Crippen molar-refractivity contribution in [2.45, 2.75) is 0 Å². The Hall–Kier alpha value is -0.770. The molecule has 0 amide bonds. The lowest BCUT2D eigenvalue weighted by Crippen LogP contribution is -1.99. The van der Waals surface area contributed by atoms with Crippen LogP contribution in [0.5, 0.6) is 0 Å². The summed E-state index contributed by atoms with van der Waals surface area (Å²) >= 11 is 12.9. The van der Waals surface area contributed by atoms with Gasteiger partial charge in [0, 0.05) is 5.38 Å². The molecule has 0 bridgehead atoms. The van der Waals surface area contributed by atoms with Gasteiger partial charge >= 0.3 is 0 Å². The number of nitrogens with one attached hydrogen (secondary N) is 1. The fourth-order valence-electron chi connectivity index (χ4n) is 1.11. The largest absolute Gasteiger partial charge is 0.277 e. The van der Waals surface area contributed by atoms with Crippen molar-refractivity contribution >= 4 is 34.7 Å². The van der Waals surface area contributed by atoms with Crippen LogP contribution in [0.2, 0.25) is 10.0 Å². The highest BCUT2D eigenvalue weighted by Crippen LogP contribution is 2.27. The number of hydrogen-bond acceptors (Lipinski definition) is 2. The first-order valence-electron chi connectivity index (χ1n) is 3.80. The summed E-state index contributed by atoms with van der Waals surface area (Å²) in [4.78, 5) is 11.3. The number of halogens is 2. The Kier molecular flexibility index (Phi) is 2.63. The second-order valence-corrected chi connectivity index (χ2v) is 4.20. The summed E-state index contributed by atoms with van der Waals surface area (Å²) in [6, 6.07) is 5.13. The van der Waals surface area contributed by atoms with Gasteiger partial charge in [-0.2, -0.15) is 0 Å². The molecule has 0 spiro atoms. The minimum absolute atomic E-state index is 0.103. The van der Waals surface area contributed by atoms with Crippen molar-refractivity contribution in [2.24, 2.45) is 0 Å². The zero-order valence-corrected chi connectivity index (χ0v) is 9.21. The van der Waals surface area contributed by atoms with Gasteiger partial charge < -0.3 is 0 Å². The summed E-state index contributed by atoms with van der Waals surface area (Å²) in [5, 5.41) is 2.69. The lowest BCUT2D eigenvalue weighted by atomic mass is 10.1. The van der Waals surface area contributed by atoms with Gasteiger partial charge in [-0.05, 0) is 17.7 Å². The highest BCUT2D eigenvalue weighted by molar-refractivity contribution is 7.03. The third-order valence-corrected chi connectivity index (χ3v) is 3.20. The minimum Gasteiger partial charge on any atom is -0.277 e. The van der Waals surface area contributed by atoms with Gasteiger partial charge in [0.15, 0.2) is 0 Å². The van der Waals surface area contributed by atoms with Gasteiger partial charge in [-0.3, -0.25) is 9.17 Å². The Balaban J connectivity index is 2.59. The SMILES string of the molecule is O=c1[nH]scc1-c1ccc(Cl)c(Cl)c1. The Bertz CT molecular complexity index is 518. The van der Waals surface area contributed by atoms with Gasteiger partial charge in [0.1, 0.15) is 0 Å². The van der Waals surface area contributed by atoms with E-state index in [4.69, 9.17) is 23.2 Å². The number of H-pyrrole nitrogens is 1. The predicted molar refractivity (Wildman–Crippen MR) is 60.4 cm³/mol. The van der Waals surface area contributed by atoms with Crippen LogP contribution in [0.25, 0.3) is 11.1 Å². The molecule has 1 heterocycles. The molecule has 1 aromatic heterocycles. The highest BCUT2D eigenvalue weighted by Gasteiger charge is 2.06. The van der Waals surface area contributed by atoms with Crippen LogP contribution in [-0.4, -0.2) is 4.37 Å². The van der Waals surface area contributed by atoms with E-state index in [-0.39, 0.29) is 5.56 Å². The van der Waals surface area contributed by atoms with Crippen LogP contribution in [-0.2, 0) is 0 Å². The van der Waals surface area contributed by atoms with E-state index in [9.17, 15) is 4.79 Å². The smallest absolute Gasteiger partial charge is 0.265 e. The molecule has 2 nitrogen and oxygen atoms in total. The van der Waals surface area contributed by atoms with Gasteiger partial charge in [-0.1, -0.05) is 40.8 Å². The van der Waals surface area contributed by atoms with Gasteiger partial charge in [-0.25, -0.2) is 0 Å². The molecule has 0 radical (unpaired) electrons. The number of benzene rings is 1. The van der Waals surface area contributed by atoms with Gasteiger partial charge in [0.25, 0.3) is 5.56 Å². The average molecular weight is 246 g/mol. The number of aromatic amines is 1. The van der Waals surface area contributed by atoms with E-state index < -0.39 is 0 Å². The van der Waals surface area contributed by atoms with Gasteiger partial charge in [0.2, 0.25) is 0 Å². The summed E-state index contributed by atoms with van der Waals surface area (Å²) < 4.78 is 2.61. The summed E-state index contributed by atoms with van der Waals surface area (Å²) in [6.07, 6.45) is 0. The molecule has 14 heavy (non-hydrogen) atoms. The quantitative estimate of drug-likeness (QED) is 0.821. The first kappa shape index (κ1) is 9.77. The van der Waals surface area contributed by atoms with Crippen LogP contribution < -0.4 is 5.56 Å². The fourth-order valence-corrected chi connectivity index (χ4v) is 2.05. The number of hydrogen-bond donors (Lipinski definition) is 1. The van der Waals surface area contributed by atoms with Crippen molar-refractivity contribution in [3.05, 3.63) is 44.0 Å². The predicted octanol–water partition coefficient (Wildman–Crippen LogP) is 3.41. The van der Waals surface area contributed by atoms with E-state index in [1.165, 1.54) is 11.5 Å². The molecule has 0 saturated heterocycles. The van der Waals surface area contributed by atoms with Crippen molar-refractivity contribution in [2.75, 3.05) is 0 Å². The molecule has 1 aromatic carbocycles. The van der Waals surface area contributed by atoms with Crippen LogP contribution in [0.1, 0.15) is 0 Å². The monoisotopic (exact) mass is 245 g/mol. The standard InChI is InChI=1S/C9H5Cl2NOS/c10-7-2-1-5(3-8(7)11)6-4-14-12-9(6)13/h1-4H,(H,12,13). The topological polar surface area (TPSA) is 32.9 Å². The lowest BCUT2D eigenvalue weighted by molar-refractivity contribution is 1.42. The Morgan fingerprint density at radius 2 is 2.00 bits per heavy atom. The molecule has 1 N–H and O–H groups in total. The molecular weight excluding hydrogens is 241 g/mol. The summed E-state index contributed by atoms with van der Waals surface area (Å²) in [5.74, 6) is 0. The minimum atomic E-state index is -0.103. The summed E-state index contributed by atoms with van der Waals surface area (Å²) in [6.45, 7) is 0.